The number of amides is 2. The molecule has 4 rings (SSSR count). The summed E-state index contributed by atoms with van der Waals surface area (Å²) in [5.74, 6) is -0.904. The van der Waals surface area contributed by atoms with Gasteiger partial charge >= 0.3 is 0 Å². The normalized spacial score (nSPS) is 13.9. The monoisotopic (exact) mass is 394 g/mol. The van der Waals surface area contributed by atoms with E-state index in [1.807, 2.05) is 19.1 Å². The van der Waals surface area contributed by atoms with E-state index in [2.05, 4.69) is 38.7 Å². The van der Waals surface area contributed by atoms with E-state index < -0.39 is 11.8 Å². The highest BCUT2D eigenvalue weighted by Gasteiger charge is 2.22. The van der Waals surface area contributed by atoms with Crippen molar-refractivity contribution in [3.63, 3.8) is 0 Å². The van der Waals surface area contributed by atoms with Crippen LogP contribution >= 0.6 is 0 Å². The lowest BCUT2D eigenvalue weighted by molar-refractivity contribution is -0.118. The molecule has 1 aliphatic rings. The van der Waals surface area contributed by atoms with Gasteiger partial charge in [-0.3, -0.25) is 14.3 Å². The van der Waals surface area contributed by atoms with E-state index in [0.717, 1.165) is 25.2 Å². The molecule has 0 radical (unpaired) electrons. The van der Waals surface area contributed by atoms with E-state index >= 15 is 0 Å². The number of hydrogen-bond acceptors (Lipinski definition) is 6. The molecule has 0 fully saturated rings. The molecule has 2 amide bonds. The zero-order valence-corrected chi connectivity index (χ0v) is 16.3. The maximum atomic E-state index is 12.7. The number of aromatic nitrogens is 5. The minimum Gasteiger partial charge on any atom is -0.368 e. The number of likely N-dealkylation sites (N-methyl/N-ethyl adjacent to an activating group) is 1. The Kier molecular flexibility index (Phi) is 4.85. The first-order valence-corrected chi connectivity index (χ1v) is 9.26. The molecule has 1 aromatic carbocycles. The Bertz CT molecular complexity index is 1080. The molecule has 0 aliphatic carbocycles. The number of fused-ring (bicyclic) bond motifs is 1. The lowest BCUT2D eigenvalue weighted by Gasteiger charge is -2.26. The molecule has 10 heteroatoms. The summed E-state index contributed by atoms with van der Waals surface area (Å²) >= 11 is 0. The highest BCUT2D eigenvalue weighted by Crippen LogP contribution is 2.25. The van der Waals surface area contributed by atoms with Crippen molar-refractivity contribution >= 4 is 17.5 Å². The number of nitrogens with zero attached hydrogens (tertiary/aromatic N) is 6. The van der Waals surface area contributed by atoms with E-state index in [0.29, 0.717) is 11.4 Å². The molecule has 0 saturated heterocycles. The van der Waals surface area contributed by atoms with Gasteiger partial charge in [-0.05, 0) is 37.6 Å². The largest absolute Gasteiger partial charge is 0.368 e. The van der Waals surface area contributed by atoms with Gasteiger partial charge in [-0.25, -0.2) is 4.68 Å². The van der Waals surface area contributed by atoms with Crippen molar-refractivity contribution in [2.24, 2.45) is 5.73 Å². The van der Waals surface area contributed by atoms with Crippen molar-refractivity contribution in [1.82, 2.24) is 29.7 Å². The van der Waals surface area contributed by atoms with Crippen LogP contribution in [0.5, 0.6) is 0 Å². The Morgan fingerprint density at radius 2 is 2.14 bits per heavy atom. The molecular formula is C19H22N8O2. The number of hydrogen-bond donors (Lipinski definition) is 2. The third-order valence-corrected chi connectivity index (χ3v) is 4.98. The van der Waals surface area contributed by atoms with Crippen molar-refractivity contribution in [3.8, 4) is 5.69 Å². The summed E-state index contributed by atoms with van der Waals surface area (Å²) in [6, 6.07) is 6.13. The second-order valence-electron chi connectivity index (χ2n) is 7.18. The van der Waals surface area contributed by atoms with Gasteiger partial charge in [0.1, 0.15) is 6.54 Å². The van der Waals surface area contributed by atoms with E-state index in [9.17, 15) is 9.59 Å². The van der Waals surface area contributed by atoms with Gasteiger partial charge < -0.3 is 16.0 Å². The van der Waals surface area contributed by atoms with Crippen molar-refractivity contribution < 1.29 is 9.59 Å². The third kappa shape index (κ3) is 3.74. The minimum absolute atomic E-state index is 0.0562. The Hall–Kier alpha value is -3.53. The van der Waals surface area contributed by atoms with Crippen LogP contribution in [0.15, 0.2) is 30.6 Å². The van der Waals surface area contributed by atoms with Gasteiger partial charge in [0, 0.05) is 19.3 Å². The van der Waals surface area contributed by atoms with Gasteiger partial charge in [-0.2, -0.15) is 5.10 Å². The average molecular weight is 394 g/mol. The van der Waals surface area contributed by atoms with Crippen molar-refractivity contribution in [1.29, 1.82) is 0 Å². The summed E-state index contributed by atoms with van der Waals surface area (Å²) in [5, 5.41) is 15.0. The van der Waals surface area contributed by atoms with Gasteiger partial charge in [0.15, 0.2) is 5.69 Å². The summed E-state index contributed by atoms with van der Waals surface area (Å²) in [7, 11) is 2.10. The fourth-order valence-corrected chi connectivity index (χ4v) is 3.56. The lowest BCUT2D eigenvalue weighted by Crippen LogP contribution is -2.27. The standard InChI is InChI=1S/C19H22N8O2/c1-12-18(19(29)22-14-8-21-26(10-14)11-17(20)28)23-24-27(12)16-5-3-4-13-9-25(2)7-6-15(13)16/h3-5,8,10H,6-7,9,11H2,1-2H3,(H2,20,28)(H,22,29). The number of primary amides is 1. The van der Waals surface area contributed by atoms with Gasteiger partial charge in [0.2, 0.25) is 5.91 Å². The first-order valence-electron chi connectivity index (χ1n) is 9.26. The second kappa shape index (κ2) is 7.47. The Morgan fingerprint density at radius 3 is 2.93 bits per heavy atom. The molecule has 150 valence electrons. The smallest absolute Gasteiger partial charge is 0.278 e. The molecule has 29 heavy (non-hydrogen) atoms. The van der Waals surface area contributed by atoms with Crippen molar-refractivity contribution in [2.75, 3.05) is 18.9 Å². The minimum atomic E-state index is -0.512. The molecule has 0 saturated carbocycles. The van der Waals surface area contributed by atoms with Crippen LogP contribution in [0.3, 0.4) is 0 Å². The predicted molar refractivity (Wildman–Crippen MR) is 106 cm³/mol. The van der Waals surface area contributed by atoms with Crippen LogP contribution in [0.1, 0.15) is 27.3 Å². The first kappa shape index (κ1) is 18.8. The molecular weight excluding hydrogens is 372 g/mol. The zero-order chi connectivity index (χ0) is 20.5. The second-order valence-corrected chi connectivity index (χ2v) is 7.18. The topological polar surface area (TPSA) is 124 Å². The average Bonchev–Trinajstić information content (AvgIpc) is 3.26. The fraction of sp³-hybridized carbons (Fsp3) is 0.316. The molecule has 10 nitrogen and oxygen atoms in total. The van der Waals surface area contributed by atoms with Gasteiger partial charge in [-0.1, -0.05) is 17.3 Å². The molecule has 0 spiro atoms. The maximum Gasteiger partial charge on any atom is 0.278 e. The molecule has 2 aromatic heterocycles. The molecule has 3 aromatic rings. The molecule has 0 atom stereocenters. The van der Waals surface area contributed by atoms with Gasteiger partial charge in [0.25, 0.3) is 5.91 Å². The third-order valence-electron chi connectivity index (χ3n) is 4.98. The molecule has 0 bridgehead atoms. The van der Waals surface area contributed by atoms with Gasteiger partial charge in [-0.15, -0.1) is 5.10 Å². The molecule has 1 aliphatic heterocycles. The zero-order valence-electron chi connectivity index (χ0n) is 16.3. The summed E-state index contributed by atoms with van der Waals surface area (Å²) < 4.78 is 3.07. The Labute approximate surface area is 167 Å². The Morgan fingerprint density at radius 1 is 1.31 bits per heavy atom. The summed E-state index contributed by atoms with van der Waals surface area (Å²) in [4.78, 5) is 25.9. The fourth-order valence-electron chi connectivity index (χ4n) is 3.56. The van der Waals surface area contributed by atoms with E-state index in [1.165, 1.54) is 28.2 Å². The number of anilines is 1. The van der Waals surface area contributed by atoms with Crippen LogP contribution in [0, 0.1) is 6.92 Å². The number of rotatable bonds is 5. The van der Waals surface area contributed by atoms with Gasteiger partial charge in [0.05, 0.1) is 23.3 Å². The van der Waals surface area contributed by atoms with Crippen LogP contribution < -0.4 is 11.1 Å². The molecule has 3 heterocycles. The predicted octanol–water partition coefficient (Wildman–Crippen LogP) is 0.498. The SMILES string of the molecule is Cc1c(C(=O)Nc2cnn(CC(N)=O)c2)nnn1-c1cccc2c1CCN(C)C2. The summed E-state index contributed by atoms with van der Waals surface area (Å²) in [5.41, 5.74) is 9.94. The number of carbonyl (C=O) groups excluding carboxylic acids is 2. The Balaban J connectivity index is 1.58. The number of carbonyl (C=O) groups is 2. The highest BCUT2D eigenvalue weighted by atomic mass is 16.2. The number of benzene rings is 1. The lowest BCUT2D eigenvalue weighted by atomic mass is 9.98. The number of nitrogens with two attached hydrogens (primary N) is 1. The van der Waals surface area contributed by atoms with E-state index in [4.69, 9.17) is 5.73 Å². The van der Waals surface area contributed by atoms with Crippen molar-refractivity contribution in [2.45, 2.75) is 26.4 Å². The molecule has 3 N–H and O–H groups in total. The van der Waals surface area contributed by atoms with E-state index in [-0.39, 0.29) is 12.2 Å². The van der Waals surface area contributed by atoms with Crippen LogP contribution in [-0.4, -0.2) is 55.1 Å². The quantitative estimate of drug-likeness (QED) is 0.649. The summed E-state index contributed by atoms with van der Waals surface area (Å²) in [6.07, 6.45) is 3.90. The first-order chi connectivity index (χ1) is 13.9. The number of nitrogens with one attached hydrogen (secondary N) is 1. The van der Waals surface area contributed by atoms with E-state index in [1.54, 1.807) is 4.68 Å². The van der Waals surface area contributed by atoms with Crippen LogP contribution in [-0.2, 0) is 24.3 Å². The van der Waals surface area contributed by atoms with Crippen molar-refractivity contribution in [3.05, 3.63) is 53.1 Å². The maximum absolute atomic E-state index is 12.7. The van der Waals surface area contributed by atoms with Crippen LogP contribution in [0.2, 0.25) is 0 Å². The molecule has 0 unspecified atom stereocenters. The van der Waals surface area contributed by atoms with Crippen LogP contribution in [0.4, 0.5) is 5.69 Å². The highest BCUT2D eigenvalue weighted by molar-refractivity contribution is 6.03. The summed E-state index contributed by atoms with van der Waals surface area (Å²) in [6.45, 7) is 3.62. The van der Waals surface area contributed by atoms with Crippen LogP contribution in [0.25, 0.3) is 5.69 Å².